The van der Waals surface area contributed by atoms with E-state index in [9.17, 15) is 0 Å². The first-order valence-electron chi connectivity index (χ1n) is 3.57. The van der Waals surface area contributed by atoms with Gasteiger partial charge in [-0.25, -0.2) is 0 Å². The van der Waals surface area contributed by atoms with Gasteiger partial charge in [0.15, 0.2) is 0 Å². The van der Waals surface area contributed by atoms with Crippen molar-refractivity contribution < 1.29 is 4.74 Å². The van der Waals surface area contributed by atoms with Gasteiger partial charge in [0.05, 0.1) is 0 Å². The molecule has 0 saturated heterocycles. The van der Waals surface area contributed by atoms with Crippen LogP contribution in [0.1, 0.15) is 25.7 Å². The standard InChI is InChI=1S/C7H15NO/c1-8-7(9-2)5-3-4-6-7/h8H,3-6H2,1-2H3. The SMILES string of the molecule is CNC1(OC)CCCC1. The van der Waals surface area contributed by atoms with Crippen LogP contribution in [0.25, 0.3) is 0 Å². The Bertz CT molecular complexity index is 80.9. The number of nitrogens with one attached hydrogen (secondary N) is 1. The monoisotopic (exact) mass is 129 g/mol. The molecule has 0 heterocycles. The second-order valence-electron chi connectivity index (χ2n) is 2.66. The van der Waals surface area contributed by atoms with Crippen LogP contribution >= 0.6 is 0 Å². The van der Waals surface area contributed by atoms with E-state index in [0.717, 1.165) is 0 Å². The molecule has 0 bridgehead atoms. The third-order valence-electron chi connectivity index (χ3n) is 2.26. The zero-order valence-corrected chi connectivity index (χ0v) is 6.24. The van der Waals surface area contributed by atoms with E-state index in [0.29, 0.717) is 0 Å². The number of hydrogen-bond acceptors (Lipinski definition) is 2. The molecule has 0 amide bonds. The number of ether oxygens (including phenoxy) is 1. The third kappa shape index (κ3) is 1.25. The van der Waals surface area contributed by atoms with Crippen molar-refractivity contribution in [2.75, 3.05) is 14.2 Å². The summed E-state index contributed by atoms with van der Waals surface area (Å²) < 4.78 is 5.34. The van der Waals surface area contributed by atoms with Crippen molar-refractivity contribution in [2.24, 2.45) is 0 Å². The van der Waals surface area contributed by atoms with Crippen LogP contribution in [0.2, 0.25) is 0 Å². The molecular formula is C7H15NO. The quantitative estimate of drug-likeness (QED) is 0.564. The van der Waals surface area contributed by atoms with Crippen LogP contribution < -0.4 is 5.32 Å². The number of rotatable bonds is 2. The number of methoxy groups -OCH3 is 1. The topological polar surface area (TPSA) is 21.3 Å². The van der Waals surface area contributed by atoms with Crippen LogP contribution in [0, 0.1) is 0 Å². The summed E-state index contributed by atoms with van der Waals surface area (Å²) in [4.78, 5) is 0. The summed E-state index contributed by atoms with van der Waals surface area (Å²) in [5.41, 5.74) is 0.0278. The highest BCUT2D eigenvalue weighted by Crippen LogP contribution is 2.29. The van der Waals surface area contributed by atoms with Gasteiger partial charge >= 0.3 is 0 Å². The van der Waals surface area contributed by atoms with Crippen molar-refractivity contribution in [1.82, 2.24) is 5.32 Å². The Morgan fingerprint density at radius 3 is 2.11 bits per heavy atom. The molecule has 0 radical (unpaired) electrons. The highest BCUT2D eigenvalue weighted by atomic mass is 16.5. The zero-order chi connectivity index (χ0) is 6.74. The third-order valence-corrected chi connectivity index (χ3v) is 2.26. The molecule has 1 N–H and O–H groups in total. The lowest BCUT2D eigenvalue weighted by atomic mass is 10.2. The second kappa shape index (κ2) is 2.67. The van der Waals surface area contributed by atoms with Gasteiger partial charge < -0.3 is 4.74 Å². The van der Waals surface area contributed by atoms with Crippen LogP contribution in [-0.2, 0) is 4.74 Å². The maximum Gasteiger partial charge on any atom is 0.118 e. The fourth-order valence-corrected chi connectivity index (χ4v) is 1.50. The maximum atomic E-state index is 5.34. The van der Waals surface area contributed by atoms with Gasteiger partial charge in [0.2, 0.25) is 0 Å². The Labute approximate surface area is 56.6 Å². The highest BCUT2D eigenvalue weighted by Gasteiger charge is 2.31. The predicted octanol–water partition coefficient (Wildman–Crippen LogP) is 1.12. The van der Waals surface area contributed by atoms with Crippen LogP contribution in [0.3, 0.4) is 0 Å². The summed E-state index contributed by atoms with van der Waals surface area (Å²) in [7, 11) is 3.75. The zero-order valence-electron chi connectivity index (χ0n) is 6.24. The average Bonchev–Trinajstić information content (AvgIpc) is 2.36. The van der Waals surface area contributed by atoms with Gasteiger partial charge in [0.25, 0.3) is 0 Å². The molecule has 1 aliphatic carbocycles. The number of hydrogen-bond donors (Lipinski definition) is 1. The minimum Gasteiger partial charge on any atom is -0.364 e. The van der Waals surface area contributed by atoms with Crippen molar-refractivity contribution in [3.63, 3.8) is 0 Å². The summed E-state index contributed by atoms with van der Waals surface area (Å²) in [6.07, 6.45) is 4.93. The molecule has 0 spiro atoms. The molecule has 0 aromatic heterocycles. The van der Waals surface area contributed by atoms with Gasteiger partial charge in [-0.2, -0.15) is 0 Å². The molecule has 0 aromatic carbocycles. The van der Waals surface area contributed by atoms with E-state index in [-0.39, 0.29) is 5.72 Å². The summed E-state index contributed by atoms with van der Waals surface area (Å²) in [5, 5.41) is 3.20. The largest absolute Gasteiger partial charge is 0.364 e. The lowest BCUT2D eigenvalue weighted by molar-refractivity contribution is -0.0272. The van der Waals surface area contributed by atoms with E-state index in [1.54, 1.807) is 7.11 Å². The second-order valence-corrected chi connectivity index (χ2v) is 2.66. The average molecular weight is 129 g/mol. The van der Waals surface area contributed by atoms with Gasteiger partial charge in [0.1, 0.15) is 5.72 Å². The Kier molecular flexibility index (Phi) is 2.09. The molecule has 0 aliphatic heterocycles. The van der Waals surface area contributed by atoms with Crippen LogP contribution in [0.15, 0.2) is 0 Å². The van der Waals surface area contributed by atoms with Crippen LogP contribution in [-0.4, -0.2) is 19.9 Å². The fourth-order valence-electron chi connectivity index (χ4n) is 1.50. The first-order chi connectivity index (χ1) is 4.33. The van der Waals surface area contributed by atoms with E-state index in [1.807, 2.05) is 7.05 Å². The first-order valence-corrected chi connectivity index (χ1v) is 3.57. The molecule has 1 fully saturated rings. The lowest BCUT2D eigenvalue weighted by Gasteiger charge is -2.26. The van der Waals surface area contributed by atoms with E-state index in [2.05, 4.69) is 5.32 Å². The Hall–Kier alpha value is -0.0800. The fraction of sp³-hybridized carbons (Fsp3) is 1.00. The molecular weight excluding hydrogens is 114 g/mol. The lowest BCUT2D eigenvalue weighted by Crippen LogP contribution is -2.41. The van der Waals surface area contributed by atoms with E-state index >= 15 is 0 Å². The van der Waals surface area contributed by atoms with E-state index in [4.69, 9.17) is 4.74 Å². The minimum atomic E-state index is 0.0278. The molecule has 2 heteroatoms. The minimum absolute atomic E-state index is 0.0278. The molecule has 1 aliphatic rings. The van der Waals surface area contributed by atoms with Crippen molar-refractivity contribution in [3.05, 3.63) is 0 Å². The molecule has 0 aromatic rings. The van der Waals surface area contributed by atoms with E-state index in [1.165, 1.54) is 25.7 Å². The van der Waals surface area contributed by atoms with Gasteiger partial charge in [0, 0.05) is 7.11 Å². The van der Waals surface area contributed by atoms with Crippen molar-refractivity contribution >= 4 is 0 Å². The summed E-state index contributed by atoms with van der Waals surface area (Å²) >= 11 is 0. The Morgan fingerprint density at radius 1 is 1.33 bits per heavy atom. The highest BCUT2D eigenvalue weighted by molar-refractivity contribution is 4.81. The van der Waals surface area contributed by atoms with Crippen LogP contribution in [0.4, 0.5) is 0 Å². The van der Waals surface area contributed by atoms with Gasteiger partial charge in [-0.15, -0.1) is 0 Å². The first kappa shape index (κ1) is 7.03. The molecule has 0 unspecified atom stereocenters. The van der Waals surface area contributed by atoms with Gasteiger partial charge in [-0.05, 0) is 32.7 Å². The maximum absolute atomic E-state index is 5.34. The molecule has 0 atom stereocenters. The molecule has 1 saturated carbocycles. The summed E-state index contributed by atoms with van der Waals surface area (Å²) in [5.74, 6) is 0. The van der Waals surface area contributed by atoms with Gasteiger partial charge in [-0.1, -0.05) is 0 Å². The molecule has 2 nitrogen and oxygen atoms in total. The molecule has 1 rings (SSSR count). The normalized spacial score (nSPS) is 24.7. The molecule has 9 heavy (non-hydrogen) atoms. The smallest absolute Gasteiger partial charge is 0.118 e. The van der Waals surface area contributed by atoms with Crippen LogP contribution in [0.5, 0.6) is 0 Å². The summed E-state index contributed by atoms with van der Waals surface area (Å²) in [6.45, 7) is 0. The molecule has 54 valence electrons. The Balaban J connectivity index is 2.45. The van der Waals surface area contributed by atoms with Crippen molar-refractivity contribution in [1.29, 1.82) is 0 Å². The summed E-state index contributed by atoms with van der Waals surface area (Å²) in [6, 6.07) is 0. The van der Waals surface area contributed by atoms with Crippen molar-refractivity contribution in [2.45, 2.75) is 31.4 Å². The van der Waals surface area contributed by atoms with Crippen molar-refractivity contribution in [3.8, 4) is 0 Å². The predicted molar refractivity (Wildman–Crippen MR) is 37.3 cm³/mol. The Morgan fingerprint density at radius 2 is 1.89 bits per heavy atom. The van der Waals surface area contributed by atoms with Gasteiger partial charge in [-0.3, -0.25) is 5.32 Å². The van der Waals surface area contributed by atoms with E-state index < -0.39 is 0 Å².